The fourth-order valence-electron chi connectivity index (χ4n) is 7.01. The first-order valence-electron chi connectivity index (χ1n) is 19.8. The van der Waals surface area contributed by atoms with E-state index in [1.807, 2.05) is 52.9 Å². The second-order valence-corrected chi connectivity index (χ2v) is 19.0. The van der Waals surface area contributed by atoms with Gasteiger partial charge in [0.15, 0.2) is 5.78 Å². The van der Waals surface area contributed by atoms with Gasteiger partial charge in [-0.05, 0) is 90.0 Å². The largest absolute Gasteiger partial charge is 0.512 e. The normalized spacial score (nSPS) is 12.6. The molecule has 0 aliphatic rings. The number of hydrogen-bond acceptors (Lipinski definition) is 5. The predicted molar refractivity (Wildman–Crippen MR) is 237 cm³/mol. The van der Waals surface area contributed by atoms with Crippen LogP contribution in [0, 0.1) is 29.7 Å². The second kappa shape index (κ2) is 18.0. The first kappa shape index (κ1) is 44.6. The van der Waals surface area contributed by atoms with Gasteiger partial charge >= 0.3 is 0 Å². The van der Waals surface area contributed by atoms with E-state index in [9.17, 15) is 9.90 Å². The number of aryl methyl sites for hydroxylation is 1. The smallest absolute Gasteiger partial charge is 0.164 e. The molecule has 0 aliphatic carbocycles. The van der Waals surface area contributed by atoms with E-state index in [1.165, 1.54) is 54.1 Å². The van der Waals surface area contributed by atoms with Crippen LogP contribution < -0.4 is 0 Å². The number of benzene rings is 3. The van der Waals surface area contributed by atoms with Crippen molar-refractivity contribution in [3.8, 4) is 22.4 Å². The monoisotopic (exact) mass is 951 g/mol. The number of nitrogens with zero attached hydrogens (tertiary/aromatic N) is 1. The van der Waals surface area contributed by atoms with Gasteiger partial charge in [0.1, 0.15) is 10.6 Å². The van der Waals surface area contributed by atoms with Crippen molar-refractivity contribution in [2.45, 2.75) is 121 Å². The molecule has 0 fully saturated rings. The molecule has 55 heavy (non-hydrogen) atoms. The molecule has 3 aromatic carbocycles. The summed E-state index contributed by atoms with van der Waals surface area (Å²) in [5.74, 6) is 0.948. The van der Waals surface area contributed by atoms with E-state index in [2.05, 4.69) is 114 Å². The number of ketones is 1. The molecule has 0 saturated heterocycles. The van der Waals surface area contributed by atoms with Crippen molar-refractivity contribution < 1.29 is 30.0 Å². The molecule has 0 unspecified atom stereocenters. The van der Waals surface area contributed by atoms with E-state index in [4.69, 9.17) is 4.98 Å². The molecule has 3 heterocycles. The van der Waals surface area contributed by atoms with Gasteiger partial charge in [0, 0.05) is 57.7 Å². The minimum Gasteiger partial charge on any atom is -0.512 e. The molecular weight excluding hydrogens is 891 g/mol. The van der Waals surface area contributed by atoms with Crippen LogP contribution >= 0.6 is 22.7 Å². The molecule has 6 rings (SSSR count). The number of aromatic nitrogens is 1. The maximum Gasteiger partial charge on any atom is 0.164 e. The number of hydrogen-bond donors (Lipinski definition) is 1. The van der Waals surface area contributed by atoms with Gasteiger partial charge in [-0.15, -0.1) is 51.8 Å². The van der Waals surface area contributed by atoms with Crippen LogP contribution in [0.4, 0.5) is 0 Å². The minimum atomic E-state index is -0.337. The Balaban J connectivity index is 0.000000320. The van der Waals surface area contributed by atoms with Crippen LogP contribution in [0.5, 0.6) is 0 Å². The summed E-state index contributed by atoms with van der Waals surface area (Å²) in [6.07, 6.45) is 5.90. The molecule has 0 saturated carbocycles. The van der Waals surface area contributed by atoms with E-state index in [-0.39, 0.29) is 47.9 Å². The number of allylic oxidation sites excluding steroid dienone is 2. The number of carbonyl (C=O) groups is 1. The Morgan fingerprint density at radius 3 is 2.13 bits per heavy atom. The molecule has 0 spiro atoms. The molecule has 0 amide bonds. The number of pyridine rings is 1. The SMILES string of the molecule is CCC(C)(CC)C(=O)/C=C(\O)C(C)(CC)CC.Cc1c(CC(C)C)sc2cc(-c3cc(-c4[c-]c5ccccc5c(C(C)(C)C)c4)nc4sccc34)ccc12.[Ir]. The summed E-state index contributed by atoms with van der Waals surface area (Å²) in [6.45, 7) is 25.8. The quantitative estimate of drug-likeness (QED) is 0.0800. The first-order valence-corrected chi connectivity index (χ1v) is 21.5. The van der Waals surface area contributed by atoms with Crippen molar-refractivity contribution in [1.82, 2.24) is 4.98 Å². The standard InChI is InChI=1S/C34H32NS2.C15H28O2.Ir/c1-20(2)15-31-21(3)25-12-11-23(18-32(25)37-31)28-19-30(35-33-27(28)13-14-36-33)24-16-22-9-7-8-10-26(22)29(17-24)34(4,5)6;1-7-14(5,8-2)12(16)11-13(17)15(6,9-3)10-4;/h7-14,17-20H,15H2,1-6H3;11,16H,7-10H2,1-6H3;/q-1;;/b;12-11-;. The Bertz CT molecular complexity index is 2290. The fourth-order valence-corrected chi connectivity index (χ4v) is 9.26. The van der Waals surface area contributed by atoms with Gasteiger partial charge < -0.3 is 5.11 Å². The van der Waals surface area contributed by atoms with E-state index in [0.29, 0.717) is 5.92 Å². The third kappa shape index (κ3) is 9.53. The van der Waals surface area contributed by atoms with Crippen molar-refractivity contribution in [3.63, 3.8) is 0 Å². The molecule has 6 heteroatoms. The van der Waals surface area contributed by atoms with Crippen LogP contribution in [0.25, 0.3) is 53.5 Å². The van der Waals surface area contributed by atoms with Gasteiger partial charge in [0.2, 0.25) is 0 Å². The van der Waals surface area contributed by atoms with Gasteiger partial charge in [0.25, 0.3) is 0 Å². The van der Waals surface area contributed by atoms with Crippen LogP contribution in [0.2, 0.25) is 0 Å². The Labute approximate surface area is 352 Å². The number of fused-ring (bicyclic) bond motifs is 3. The van der Waals surface area contributed by atoms with E-state index < -0.39 is 0 Å². The molecule has 3 nitrogen and oxygen atoms in total. The van der Waals surface area contributed by atoms with Crippen molar-refractivity contribution in [2.75, 3.05) is 0 Å². The van der Waals surface area contributed by atoms with Crippen molar-refractivity contribution in [2.24, 2.45) is 16.7 Å². The Morgan fingerprint density at radius 2 is 1.51 bits per heavy atom. The molecule has 0 bridgehead atoms. The molecule has 3 aromatic heterocycles. The van der Waals surface area contributed by atoms with Gasteiger partial charge in [0.05, 0.1) is 0 Å². The zero-order valence-electron chi connectivity index (χ0n) is 35.0. The van der Waals surface area contributed by atoms with Gasteiger partial charge in [-0.3, -0.25) is 9.78 Å². The molecule has 1 N–H and O–H groups in total. The maximum absolute atomic E-state index is 12.2. The summed E-state index contributed by atoms with van der Waals surface area (Å²) in [4.78, 5) is 19.9. The Kier molecular flexibility index (Phi) is 14.6. The van der Waals surface area contributed by atoms with E-state index >= 15 is 0 Å². The third-order valence-corrected chi connectivity index (χ3v) is 13.9. The summed E-state index contributed by atoms with van der Waals surface area (Å²) in [7, 11) is 0. The Morgan fingerprint density at radius 1 is 0.855 bits per heavy atom. The average molecular weight is 951 g/mol. The van der Waals surface area contributed by atoms with Crippen LogP contribution in [0.15, 0.2) is 77.9 Å². The van der Waals surface area contributed by atoms with Crippen LogP contribution in [-0.2, 0) is 36.7 Å². The van der Waals surface area contributed by atoms with E-state index in [1.54, 1.807) is 11.3 Å². The molecule has 0 aliphatic heterocycles. The van der Waals surface area contributed by atoms with Gasteiger partial charge in [-0.1, -0.05) is 124 Å². The molecule has 6 aromatic rings. The van der Waals surface area contributed by atoms with Crippen LogP contribution in [0.3, 0.4) is 0 Å². The topological polar surface area (TPSA) is 50.2 Å². The van der Waals surface area contributed by atoms with Crippen molar-refractivity contribution in [1.29, 1.82) is 0 Å². The molecule has 0 atom stereocenters. The van der Waals surface area contributed by atoms with Crippen LogP contribution in [0.1, 0.15) is 118 Å². The van der Waals surface area contributed by atoms with Crippen LogP contribution in [-0.4, -0.2) is 15.9 Å². The van der Waals surface area contributed by atoms with Crippen molar-refractivity contribution in [3.05, 3.63) is 99.9 Å². The molecule has 295 valence electrons. The summed E-state index contributed by atoms with van der Waals surface area (Å²) in [5, 5.41) is 17.3. The molecular formula is C49H60IrNO2S2-. The summed E-state index contributed by atoms with van der Waals surface area (Å²) in [6, 6.07) is 26.1. The summed E-state index contributed by atoms with van der Waals surface area (Å²) >= 11 is 3.67. The predicted octanol–water partition coefficient (Wildman–Crippen LogP) is 15.3. The first-order chi connectivity index (χ1) is 25.5. The molecule has 1 radical (unpaired) electrons. The number of aliphatic hydroxyl groups is 1. The summed E-state index contributed by atoms with van der Waals surface area (Å²) < 4.78 is 1.37. The van der Waals surface area contributed by atoms with E-state index in [0.717, 1.165) is 53.6 Å². The minimum absolute atomic E-state index is 0. The number of carbonyl (C=O) groups excluding carboxylic acids is 1. The van der Waals surface area contributed by atoms with Gasteiger partial charge in [-0.2, -0.15) is 0 Å². The Hall–Kier alpha value is -3.15. The number of rotatable bonds is 11. The number of thiophene rings is 2. The van der Waals surface area contributed by atoms with Gasteiger partial charge in [-0.25, -0.2) is 0 Å². The zero-order valence-corrected chi connectivity index (χ0v) is 39.0. The average Bonchev–Trinajstić information content (AvgIpc) is 3.76. The maximum atomic E-state index is 12.2. The van der Waals surface area contributed by atoms with Crippen molar-refractivity contribution >= 4 is 59.5 Å². The summed E-state index contributed by atoms with van der Waals surface area (Å²) in [5.41, 5.74) is 6.75. The second-order valence-electron chi connectivity index (χ2n) is 17.0. The third-order valence-electron chi connectivity index (χ3n) is 11.8. The fraction of sp³-hybridized carbons (Fsp3) is 0.429. The zero-order chi connectivity index (χ0) is 39.6. The number of aliphatic hydroxyl groups excluding tert-OH is 1.